The van der Waals surface area contributed by atoms with Gasteiger partial charge in [0, 0.05) is 36.8 Å². The van der Waals surface area contributed by atoms with Crippen molar-refractivity contribution >= 4 is 11.4 Å². The van der Waals surface area contributed by atoms with E-state index in [1.165, 1.54) is 6.07 Å². The van der Waals surface area contributed by atoms with E-state index < -0.39 is 4.92 Å². The van der Waals surface area contributed by atoms with Crippen molar-refractivity contribution in [3.63, 3.8) is 0 Å². The summed E-state index contributed by atoms with van der Waals surface area (Å²) in [7, 11) is 0. The van der Waals surface area contributed by atoms with E-state index in [4.69, 9.17) is 4.74 Å². The molecule has 0 aliphatic heterocycles. The predicted octanol–water partition coefficient (Wildman–Crippen LogP) is 2.69. The van der Waals surface area contributed by atoms with Crippen molar-refractivity contribution in [3.8, 4) is 5.75 Å². The highest BCUT2D eigenvalue weighted by Crippen LogP contribution is 2.30. The van der Waals surface area contributed by atoms with Crippen molar-refractivity contribution in [1.29, 1.82) is 0 Å². The monoisotopic (exact) mass is 290 g/mol. The molecule has 0 bridgehead atoms. The third kappa shape index (κ3) is 4.20. The average Bonchev–Trinajstić information content (AvgIpc) is 2.98. The molecule has 0 fully saturated rings. The predicted molar refractivity (Wildman–Crippen MR) is 79.6 cm³/mol. The molecule has 21 heavy (non-hydrogen) atoms. The van der Waals surface area contributed by atoms with Gasteiger partial charge in [0.2, 0.25) is 0 Å². The van der Waals surface area contributed by atoms with Gasteiger partial charge in [-0.05, 0) is 18.6 Å². The summed E-state index contributed by atoms with van der Waals surface area (Å²) in [5.41, 5.74) is 0.778. The Kier molecular flexibility index (Phi) is 5.14. The van der Waals surface area contributed by atoms with E-state index in [1.807, 2.05) is 23.9 Å². The fraction of sp³-hybridized carbons (Fsp3) is 0.357. The topological polar surface area (TPSA) is 82.2 Å². The van der Waals surface area contributed by atoms with Crippen LogP contribution in [-0.4, -0.2) is 27.9 Å². The Hall–Kier alpha value is -2.57. The number of ether oxygens (including phenoxy) is 1. The minimum absolute atomic E-state index is 0.0129. The van der Waals surface area contributed by atoms with Gasteiger partial charge in [-0.2, -0.15) is 5.10 Å². The molecule has 0 aliphatic rings. The molecule has 0 unspecified atom stereocenters. The zero-order valence-electron chi connectivity index (χ0n) is 11.9. The van der Waals surface area contributed by atoms with Gasteiger partial charge >= 0.3 is 5.69 Å². The van der Waals surface area contributed by atoms with Crippen LogP contribution in [0.5, 0.6) is 5.75 Å². The molecule has 2 aromatic rings. The third-order valence-corrected chi connectivity index (χ3v) is 2.85. The first-order chi connectivity index (χ1) is 10.2. The zero-order chi connectivity index (χ0) is 15.1. The number of hydrogen-bond acceptors (Lipinski definition) is 5. The maximum atomic E-state index is 11.0. The molecule has 2 rings (SSSR count). The quantitative estimate of drug-likeness (QED) is 0.597. The van der Waals surface area contributed by atoms with Gasteiger partial charge in [0.1, 0.15) is 0 Å². The summed E-state index contributed by atoms with van der Waals surface area (Å²) in [6.07, 6.45) is 4.41. The molecule has 1 heterocycles. The number of benzene rings is 1. The summed E-state index contributed by atoms with van der Waals surface area (Å²) in [5, 5.41) is 18.3. The van der Waals surface area contributed by atoms with Crippen LogP contribution in [0.1, 0.15) is 13.3 Å². The lowest BCUT2D eigenvalue weighted by Gasteiger charge is -2.10. The lowest BCUT2D eigenvalue weighted by atomic mass is 10.2. The summed E-state index contributed by atoms with van der Waals surface area (Å²) >= 11 is 0. The molecule has 0 saturated carbocycles. The fourth-order valence-corrected chi connectivity index (χ4v) is 1.85. The van der Waals surface area contributed by atoms with Crippen LogP contribution in [0.25, 0.3) is 0 Å². The van der Waals surface area contributed by atoms with E-state index in [1.54, 1.807) is 18.3 Å². The second-order valence-electron chi connectivity index (χ2n) is 4.48. The number of rotatable bonds is 8. The van der Waals surface area contributed by atoms with E-state index >= 15 is 0 Å². The Labute approximate surface area is 122 Å². The number of aromatic nitrogens is 2. The molecule has 0 radical (unpaired) electrons. The summed E-state index contributed by atoms with van der Waals surface area (Å²) in [5.74, 6) is 0.297. The van der Waals surface area contributed by atoms with E-state index in [9.17, 15) is 10.1 Å². The number of anilines is 1. The molecular weight excluding hydrogens is 272 g/mol. The highest BCUT2D eigenvalue weighted by atomic mass is 16.6. The summed E-state index contributed by atoms with van der Waals surface area (Å²) in [6.45, 7) is 3.80. The van der Waals surface area contributed by atoms with Crippen LogP contribution < -0.4 is 10.1 Å². The van der Waals surface area contributed by atoms with Crippen molar-refractivity contribution in [1.82, 2.24) is 9.78 Å². The number of nitrogens with one attached hydrogen (secondary N) is 1. The molecule has 7 nitrogen and oxygen atoms in total. The minimum atomic E-state index is -0.432. The van der Waals surface area contributed by atoms with Crippen molar-refractivity contribution in [2.24, 2.45) is 0 Å². The Balaban J connectivity index is 2.00. The van der Waals surface area contributed by atoms with Crippen LogP contribution in [0.15, 0.2) is 36.7 Å². The summed E-state index contributed by atoms with van der Waals surface area (Å²) in [4.78, 5) is 10.5. The minimum Gasteiger partial charge on any atom is -0.487 e. The van der Waals surface area contributed by atoms with Gasteiger partial charge in [0.05, 0.1) is 18.1 Å². The van der Waals surface area contributed by atoms with Crippen LogP contribution in [-0.2, 0) is 6.54 Å². The van der Waals surface area contributed by atoms with Crippen molar-refractivity contribution < 1.29 is 9.66 Å². The highest BCUT2D eigenvalue weighted by molar-refractivity contribution is 5.57. The second-order valence-corrected chi connectivity index (χ2v) is 4.48. The Morgan fingerprint density at radius 3 is 3.00 bits per heavy atom. The largest absolute Gasteiger partial charge is 0.487 e. The molecule has 0 spiro atoms. The highest BCUT2D eigenvalue weighted by Gasteiger charge is 2.15. The van der Waals surface area contributed by atoms with Crippen molar-refractivity contribution in [3.05, 3.63) is 46.8 Å². The van der Waals surface area contributed by atoms with Crippen molar-refractivity contribution in [2.75, 3.05) is 18.5 Å². The smallest absolute Gasteiger partial charge is 0.311 e. The average molecular weight is 290 g/mol. The Bertz CT molecular complexity index is 584. The zero-order valence-corrected chi connectivity index (χ0v) is 11.9. The second kappa shape index (κ2) is 7.28. The molecule has 7 heteroatoms. The maximum Gasteiger partial charge on any atom is 0.311 e. The van der Waals surface area contributed by atoms with E-state index in [-0.39, 0.29) is 5.69 Å². The lowest BCUT2D eigenvalue weighted by molar-refractivity contribution is -0.385. The number of hydrogen-bond donors (Lipinski definition) is 1. The van der Waals surface area contributed by atoms with Gasteiger partial charge in [-0.3, -0.25) is 14.8 Å². The van der Waals surface area contributed by atoms with E-state index in [0.717, 1.165) is 18.7 Å². The summed E-state index contributed by atoms with van der Waals surface area (Å²) < 4.78 is 7.25. The first-order valence-electron chi connectivity index (χ1n) is 6.83. The van der Waals surface area contributed by atoms with Crippen LogP contribution in [0, 0.1) is 10.1 Å². The molecule has 0 amide bonds. The lowest BCUT2D eigenvalue weighted by Crippen LogP contribution is -2.11. The van der Waals surface area contributed by atoms with Gasteiger partial charge in [-0.15, -0.1) is 0 Å². The van der Waals surface area contributed by atoms with Gasteiger partial charge in [-0.25, -0.2) is 0 Å². The van der Waals surface area contributed by atoms with Crippen LogP contribution >= 0.6 is 0 Å². The van der Waals surface area contributed by atoms with E-state index in [2.05, 4.69) is 10.4 Å². The molecule has 0 atom stereocenters. The van der Waals surface area contributed by atoms with Gasteiger partial charge in [0.15, 0.2) is 5.75 Å². The van der Waals surface area contributed by atoms with Gasteiger partial charge in [-0.1, -0.05) is 6.92 Å². The molecule has 112 valence electrons. The van der Waals surface area contributed by atoms with Crippen LogP contribution in [0.2, 0.25) is 0 Å². The first kappa shape index (κ1) is 14.8. The first-order valence-corrected chi connectivity index (χ1v) is 6.83. The molecular formula is C14H18N4O3. The Morgan fingerprint density at radius 1 is 1.48 bits per heavy atom. The normalized spacial score (nSPS) is 10.3. The van der Waals surface area contributed by atoms with Crippen molar-refractivity contribution in [2.45, 2.75) is 19.9 Å². The standard InChI is InChI=1S/C14H18N4O3/c1-2-10-21-14-11-12(4-5-13(14)18(19)20)15-7-9-17-8-3-6-16-17/h3-6,8,11,15H,2,7,9-10H2,1H3. The van der Waals surface area contributed by atoms with E-state index in [0.29, 0.717) is 18.9 Å². The summed E-state index contributed by atoms with van der Waals surface area (Å²) in [6, 6.07) is 6.67. The van der Waals surface area contributed by atoms with Crippen LogP contribution in [0.3, 0.4) is 0 Å². The number of nitrogens with zero attached hydrogens (tertiary/aromatic N) is 3. The Morgan fingerprint density at radius 2 is 2.33 bits per heavy atom. The molecule has 0 aliphatic carbocycles. The SMILES string of the molecule is CCCOc1cc(NCCn2cccn2)ccc1[N+](=O)[O-]. The molecule has 1 aromatic heterocycles. The number of nitro groups is 1. The number of nitro benzene ring substituents is 1. The molecule has 0 saturated heterocycles. The van der Waals surface area contributed by atoms with Crippen LogP contribution in [0.4, 0.5) is 11.4 Å². The van der Waals surface area contributed by atoms with Gasteiger partial charge in [0.25, 0.3) is 0 Å². The maximum absolute atomic E-state index is 11.0. The third-order valence-electron chi connectivity index (χ3n) is 2.85. The van der Waals surface area contributed by atoms with Gasteiger partial charge < -0.3 is 10.1 Å². The molecule has 1 N–H and O–H groups in total. The molecule has 1 aromatic carbocycles. The fourth-order valence-electron chi connectivity index (χ4n) is 1.85.